The first kappa shape index (κ1) is 17.9. The minimum Gasteiger partial charge on any atom is -0.265 e. The fourth-order valence-corrected chi connectivity index (χ4v) is 4.36. The number of hydrogen-bond donors (Lipinski definition) is 0. The Kier molecular flexibility index (Phi) is 5.58. The average Bonchev–Trinajstić information content (AvgIpc) is 3.12. The summed E-state index contributed by atoms with van der Waals surface area (Å²) in [6.45, 7) is 2.04. The summed E-state index contributed by atoms with van der Waals surface area (Å²) in [6, 6.07) is 14.8. The van der Waals surface area contributed by atoms with E-state index in [0.29, 0.717) is 6.04 Å². The van der Waals surface area contributed by atoms with E-state index in [0.717, 1.165) is 27.3 Å². The van der Waals surface area contributed by atoms with Crippen LogP contribution in [0.2, 0.25) is 0 Å². The van der Waals surface area contributed by atoms with Crippen molar-refractivity contribution in [3.05, 3.63) is 70.6 Å². The van der Waals surface area contributed by atoms with Crippen LogP contribution in [0.25, 0.3) is 11.3 Å². The van der Waals surface area contributed by atoms with Crippen LogP contribution < -0.4 is 4.80 Å². The number of pyridine rings is 1. The normalized spacial score (nSPS) is 16.6. The Morgan fingerprint density at radius 1 is 1.04 bits per heavy atom. The molecule has 4 rings (SSSR count). The summed E-state index contributed by atoms with van der Waals surface area (Å²) in [7, 11) is 0. The van der Waals surface area contributed by atoms with Gasteiger partial charge in [-0.05, 0) is 31.9 Å². The van der Waals surface area contributed by atoms with Crippen molar-refractivity contribution in [2.75, 3.05) is 0 Å². The van der Waals surface area contributed by atoms with Gasteiger partial charge in [-0.2, -0.15) is 5.10 Å². The van der Waals surface area contributed by atoms with Gasteiger partial charge in [-0.1, -0.05) is 49.6 Å². The summed E-state index contributed by atoms with van der Waals surface area (Å²) >= 11 is 1.68. The topological polar surface area (TPSA) is 42.5 Å². The first-order valence-electron chi connectivity index (χ1n) is 9.57. The van der Waals surface area contributed by atoms with Crippen LogP contribution in [0.4, 0.5) is 0 Å². The minimum absolute atomic E-state index is 0.420. The molecule has 1 aliphatic rings. The van der Waals surface area contributed by atoms with Gasteiger partial charge < -0.3 is 0 Å². The molecule has 0 unspecified atom stereocenters. The molecule has 0 spiro atoms. The second kappa shape index (κ2) is 8.44. The van der Waals surface area contributed by atoms with E-state index in [1.807, 2.05) is 29.8 Å². The highest BCUT2D eigenvalue weighted by Crippen LogP contribution is 2.22. The summed E-state index contributed by atoms with van der Waals surface area (Å²) < 4.78 is 2.02. The molecule has 5 heteroatoms. The number of aromatic nitrogens is 2. The predicted molar refractivity (Wildman–Crippen MR) is 112 cm³/mol. The lowest BCUT2D eigenvalue weighted by Gasteiger charge is -2.17. The molecule has 0 N–H and O–H groups in total. The van der Waals surface area contributed by atoms with E-state index in [1.54, 1.807) is 23.7 Å². The quantitative estimate of drug-likeness (QED) is 0.583. The van der Waals surface area contributed by atoms with Gasteiger partial charge in [0.05, 0.1) is 17.4 Å². The Labute approximate surface area is 164 Å². The van der Waals surface area contributed by atoms with Gasteiger partial charge in [0.15, 0.2) is 0 Å². The van der Waals surface area contributed by atoms with Gasteiger partial charge in [0.2, 0.25) is 4.80 Å². The molecule has 0 aliphatic heterocycles. The second-order valence-corrected chi connectivity index (χ2v) is 7.76. The number of nitrogens with zero attached hydrogens (tertiary/aromatic N) is 4. The largest absolute Gasteiger partial charge is 0.265 e. The molecule has 138 valence electrons. The van der Waals surface area contributed by atoms with Crippen LogP contribution in [0.1, 0.15) is 44.6 Å². The van der Waals surface area contributed by atoms with Gasteiger partial charge in [-0.3, -0.25) is 9.98 Å². The maximum absolute atomic E-state index is 5.07. The van der Waals surface area contributed by atoms with Crippen LogP contribution in [0.15, 0.2) is 70.3 Å². The van der Waals surface area contributed by atoms with Crippen molar-refractivity contribution < 1.29 is 0 Å². The van der Waals surface area contributed by atoms with E-state index in [4.69, 9.17) is 10.1 Å². The molecule has 0 amide bonds. The highest BCUT2D eigenvalue weighted by atomic mass is 32.1. The fourth-order valence-electron chi connectivity index (χ4n) is 3.46. The number of hydrogen-bond acceptors (Lipinski definition) is 4. The Morgan fingerprint density at radius 3 is 2.52 bits per heavy atom. The number of benzene rings is 1. The smallest absolute Gasteiger partial charge is 0.206 e. The Balaban J connectivity index is 1.81. The molecule has 1 aliphatic carbocycles. The minimum atomic E-state index is 0.420. The first-order valence-corrected chi connectivity index (χ1v) is 10.4. The number of rotatable bonds is 4. The van der Waals surface area contributed by atoms with Gasteiger partial charge >= 0.3 is 0 Å². The van der Waals surface area contributed by atoms with E-state index >= 15 is 0 Å². The van der Waals surface area contributed by atoms with Crippen LogP contribution >= 0.6 is 11.3 Å². The van der Waals surface area contributed by atoms with Crippen molar-refractivity contribution in [1.29, 1.82) is 0 Å². The summed E-state index contributed by atoms with van der Waals surface area (Å²) in [6.07, 6.45) is 9.88. The zero-order chi connectivity index (χ0) is 18.5. The van der Waals surface area contributed by atoms with Crippen molar-refractivity contribution in [2.24, 2.45) is 10.1 Å². The first-order chi connectivity index (χ1) is 13.3. The molecule has 0 saturated heterocycles. The lowest BCUT2D eigenvalue weighted by atomic mass is 9.96. The SMILES string of the molecule is CC(=Nn1c(-c2ccccc2)csc1=NC1CCCCC1)c1ccncc1. The zero-order valence-corrected chi connectivity index (χ0v) is 16.4. The summed E-state index contributed by atoms with van der Waals surface area (Å²) in [5, 5.41) is 7.12. The lowest BCUT2D eigenvalue weighted by Crippen LogP contribution is -2.19. The lowest BCUT2D eigenvalue weighted by molar-refractivity contribution is 0.435. The Morgan fingerprint density at radius 2 is 1.78 bits per heavy atom. The van der Waals surface area contributed by atoms with Crippen LogP contribution in [0.3, 0.4) is 0 Å². The third-order valence-electron chi connectivity index (χ3n) is 4.97. The summed E-state index contributed by atoms with van der Waals surface area (Å²) in [4.78, 5) is 10.2. The van der Waals surface area contributed by atoms with Crippen molar-refractivity contribution >= 4 is 17.0 Å². The summed E-state index contributed by atoms with van der Waals surface area (Å²) in [5.41, 5.74) is 4.28. The van der Waals surface area contributed by atoms with Gasteiger partial charge in [0, 0.05) is 28.9 Å². The van der Waals surface area contributed by atoms with Crippen molar-refractivity contribution in [3.8, 4) is 11.3 Å². The van der Waals surface area contributed by atoms with Crippen LogP contribution in [-0.4, -0.2) is 21.4 Å². The number of thiazole rings is 1. The Bertz CT molecular complexity index is 964. The van der Waals surface area contributed by atoms with E-state index in [-0.39, 0.29) is 0 Å². The van der Waals surface area contributed by atoms with Gasteiger partial charge in [0.25, 0.3) is 0 Å². The standard InChI is InChI=1S/C22H24N4S/c1-17(18-12-14-23-15-13-18)25-26-21(19-8-4-2-5-9-19)16-27-22(26)24-20-10-6-3-7-11-20/h2,4-5,8-9,12-16,20H,3,6-7,10-11H2,1H3. The van der Waals surface area contributed by atoms with E-state index < -0.39 is 0 Å². The predicted octanol–water partition coefficient (Wildman–Crippen LogP) is 5.12. The van der Waals surface area contributed by atoms with Crippen LogP contribution in [0.5, 0.6) is 0 Å². The molecular weight excluding hydrogens is 352 g/mol. The van der Waals surface area contributed by atoms with E-state index in [1.165, 1.54) is 32.1 Å². The van der Waals surface area contributed by atoms with Crippen LogP contribution in [-0.2, 0) is 0 Å². The molecule has 4 nitrogen and oxygen atoms in total. The van der Waals surface area contributed by atoms with Crippen molar-refractivity contribution in [2.45, 2.75) is 45.1 Å². The maximum atomic E-state index is 5.07. The zero-order valence-electron chi connectivity index (χ0n) is 15.6. The molecule has 0 radical (unpaired) electrons. The molecule has 27 heavy (non-hydrogen) atoms. The fraction of sp³-hybridized carbons (Fsp3) is 0.318. The summed E-state index contributed by atoms with van der Waals surface area (Å²) in [5.74, 6) is 0. The second-order valence-electron chi connectivity index (χ2n) is 6.92. The molecule has 1 saturated carbocycles. The molecule has 2 heterocycles. The monoisotopic (exact) mass is 376 g/mol. The van der Waals surface area contributed by atoms with Crippen molar-refractivity contribution in [1.82, 2.24) is 9.66 Å². The van der Waals surface area contributed by atoms with Crippen LogP contribution in [0, 0.1) is 0 Å². The highest BCUT2D eigenvalue weighted by Gasteiger charge is 2.14. The third kappa shape index (κ3) is 4.25. The molecule has 3 aromatic rings. The molecule has 1 aromatic carbocycles. The average molecular weight is 377 g/mol. The Hall–Kier alpha value is -2.53. The molecule has 1 fully saturated rings. The van der Waals surface area contributed by atoms with E-state index in [2.05, 4.69) is 34.6 Å². The highest BCUT2D eigenvalue weighted by molar-refractivity contribution is 7.07. The third-order valence-corrected chi connectivity index (χ3v) is 5.80. The molecule has 2 aromatic heterocycles. The molecular formula is C22H24N4S. The van der Waals surface area contributed by atoms with Gasteiger partial charge in [0.1, 0.15) is 0 Å². The van der Waals surface area contributed by atoms with Gasteiger partial charge in [-0.15, -0.1) is 11.3 Å². The maximum Gasteiger partial charge on any atom is 0.206 e. The molecule has 0 atom stereocenters. The van der Waals surface area contributed by atoms with E-state index in [9.17, 15) is 0 Å². The molecule has 0 bridgehead atoms. The van der Waals surface area contributed by atoms with Crippen molar-refractivity contribution in [3.63, 3.8) is 0 Å². The van der Waals surface area contributed by atoms with Gasteiger partial charge in [-0.25, -0.2) is 4.68 Å².